The maximum Gasteiger partial charge on any atom is 0.246 e. The third kappa shape index (κ3) is 2.26. The zero-order chi connectivity index (χ0) is 15.8. The number of carbonyl (C=O) groups is 1. The number of ether oxygens (including phenoxy) is 1. The summed E-state index contributed by atoms with van der Waals surface area (Å²) in [6.07, 6.45) is 0. The van der Waals surface area contributed by atoms with Crippen molar-refractivity contribution in [1.82, 2.24) is 0 Å². The van der Waals surface area contributed by atoms with Gasteiger partial charge in [-0.05, 0) is 36.4 Å². The van der Waals surface area contributed by atoms with Crippen molar-refractivity contribution < 1.29 is 13.9 Å². The molecule has 0 aliphatic carbocycles. The van der Waals surface area contributed by atoms with Crippen LogP contribution in [0.2, 0.25) is 0 Å². The van der Waals surface area contributed by atoms with Gasteiger partial charge in [-0.1, -0.05) is 12.1 Å². The Morgan fingerprint density at radius 2 is 1.91 bits per heavy atom. The average molecular weight is 306 g/mol. The Kier molecular flexibility index (Phi) is 3.12. The number of hydrogen-bond acceptors (Lipinski definition) is 4. The molecule has 0 spiro atoms. The molecular weight excluding hydrogens is 292 g/mol. The Hall–Kier alpha value is -3.08. The topological polar surface area (TPSA) is 63.8 Å². The quantitative estimate of drug-likeness (QED) is 0.790. The second-order valence-corrected chi connectivity index (χ2v) is 5.24. The van der Waals surface area contributed by atoms with E-state index in [9.17, 15) is 4.79 Å². The molecule has 0 saturated carbocycles. The number of nitrogens with one attached hydrogen (secondary N) is 1. The van der Waals surface area contributed by atoms with Crippen LogP contribution in [0.15, 0.2) is 57.9 Å². The van der Waals surface area contributed by atoms with Crippen LogP contribution in [0.3, 0.4) is 0 Å². The molecule has 0 saturated heterocycles. The summed E-state index contributed by atoms with van der Waals surface area (Å²) in [5.41, 5.74) is 2.94. The first-order valence-corrected chi connectivity index (χ1v) is 7.27. The standard InChI is InChI=1S/C18H14N2O3/c1-22-12-8-6-11(7-9-12)16-18-17(20-15(21)10-19-16)13-4-2-3-5-14(13)23-18/h2-9H,10H2,1H3,(H,20,21). The van der Waals surface area contributed by atoms with E-state index in [1.165, 1.54) is 0 Å². The minimum absolute atomic E-state index is 0.0693. The third-order valence-electron chi connectivity index (χ3n) is 3.82. The van der Waals surface area contributed by atoms with Crippen LogP contribution < -0.4 is 10.1 Å². The molecule has 0 bridgehead atoms. The van der Waals surface area contributed by atoms with Gasteiger partial charge in [0, 0.05) is 10.9 Å². The lowest BCUT2D eigenvalue weighted by atomic mass is 10.1. The molecule has 3 aromatic rings. The van der Waals surface area contributed by atoms with Crippen molar-refractivity contribution in [1.29, 1.82) is 0 Å². The predicted molar refractivity (Wildman–Crippen MR) is 88.3 cm³/mol. The predicted octanol–water partition coefficient (Wildman–Crippen LogP) is 3.23. The summed E-state index contributed by atoms with van der Waals surface area (Å²) < 4.78 is 11.2. The number of anilines is 1. The second-order valence-electron chi connectivity index (χ2n) is 5.24. The number of para-hydroxylation sites is 1. The lowest BCUT2D eigenvalue weighted by Gasteiger charge is -2.05. The van der Waals surface area contributed by atoms with Gasteiger partial charge in [-0.15, -0.1) is 0 Å². The van der Waals surface area contributed by atoms with E-state index in [0.29, 0.717) is 17.2 Å². The number of hydrogen-bond donors (Lipinski definition) is 1. The number of furan rings is 1. The van der Waals surface area contributed by atoms with Gasteiger partial charge in [-0.3, -0.25) is 9.79 Å². The molecule has 1 aliphatic rings. The van der Waals surface area contributed by atoms with Gasteiger partial charge >= 0.3 is 0 Å². The highest BCUT2D eigenvalue weighted by Gasteiger charge is 2.24. The molecule has 1 amide bonds. The first-order valence-electron chi connectivity index (χ1n) is 7.27. The average Bonchev–Trinajstić information content (AvgIpc) is 2.85. The largest absolute Gasteiger partial charge is 0.497 e. The van der Waals surface area contributed by atoms with Gasteiger partial charge in [0.1, 0.15) is 23.6 Å². The summed E-state index contributed by atoms with van der Waals surface area (Å²) in [5.74, 6) is 1.20. The molecule has 0 radical (unpaired) electrons. The zero-order valence-corrected chi connectivity index (χ0v) is 12.5. The lowest BCUT2D eigenvalue weighted by Crippen LogP contribution is -2.13. The van der Waals surface area contributed by atoms with E-state index >= 15 is 0 Å². The Labute approximate surface area is 132 Å². The van der Waals surface area contributed by atoms with Crippen LogP contribution in [0.5, 0.6) is 5.75 Å². The van der Waals surface area contributed by atoms with Crippen LogP contribution in [0.1, 0.15) is 11.3 Å². The van der Waals surface area contributed by atoms with Gasteiger partial charge in [-0.25, -0.2) is 0 Å². The summed E-state index contributed by atoms with van der Waals surface area (Å²) in [4.78, 5) is 16.4. The number of amides is 1. The van der Waals surface area contributed by atoms with Crippen LogP contribution >= 0.6 is 0 Å². The van der Waals surface area contributed by atoms with E-state index in [1.807, 2.05) is 48.5 Å². The van der Waals surface area contributed by atoms with E-state index < -0.39 is 0 Å². The second kappa shape index (κ2) is 5.28. The summed E-state index contributed by atoms with van der Waals surface area (Å²) in [6, 6.07) is 15.2. The molecule has 1 N–H and O–H groups in total. The highest BCUT2D eigenvalue weighted by Crippen LogP contribution is 2.34. The third-order valence-corrected chi connectivity index (χ3v) is 3.82. The molecule has 1 aromatic heterocycles. The van der Waals surface area contributed by atoms with E-state index in [4.69, 9.17) is 9.15 Å². The molecule has 23 heavy (non-hydrogen) atoms. The smallest absolute Gasteiger partial charge is 0.246 e. The summed E-state index contributed by atoms with van der Waals surface area (Å²) >= 11 is 0. The zero-order valence-electron chi connectivity index (χ0n) is 12.5. The van der Waals surface area contributed by atoms with E-state index in [1.54, 1.807) is 7.11 Å². The van der Waals surface area contributed by atoms with Gasteiger partial charge in [0.25, 0.3) is 0 Å². The first-order chi connectivity index (χ1) is 11.3. The molecule has 0 atom stereocenters. The van der Waals surface area contributed by atoms with Gasteiger partial charge in [0.05, 0.1) is 12.8 Å². The number of aliphatic imine (C=N–C) groups is 1. The van der Waals surface area contributed by atoms with Crippen molar-refractivity contribution in [3.05, 3.63) is 59.9 Å². The molecule has 2 heterocycles. The number of fused-ring (bicyclic) bond motifs is 3. The number of carbonyl (C=O) groups excluding carboxylic acids is 1. The summed E-state index contributed by atoms with van der Waals surface area (Å²) in [5, 5.41) is 3.77. The van der Waals surface area contributed by atoms with E-state index in [-0.39, 0.29) is 12.5 Å². The molecule has 2 aromatic carbocycles. The van der Waals surface area contributed by atoms with Crippen LogP contribution in [0.25, 0.3) is 11.0 Å². The van der Waals surface area contributed by atoms with Crippen molar-refractivity contribution >= 4 is 28.3 Å². The van der Waals surface area contributed by atoms with E-state index in [0.717, 1.165) is 22.3 Å². The normalized spacial score (nSPS) is 14.0. The van der Waals surface area contributed by atoms with Gasteiger partial charge in [-0.2, -0.15) is 0 Å². The summed E-state index contributed by atoms with van der Waals surface area (Å²) in [6.45, 7) is 0.0693. The van der Waals surface area contributed by atoms with Crippen molar-refractivity contribution in [3.8, 4) is 5.75 Å². The van der Waals surface area contributed by atoms with Crippen LogP contribution in [0, 0.1) is 0 Å². The van der Waals surface area contributed by atoms with Gasteiger partial charge in [0.15, 0.2) is 5.76 Å². The van der Waals surface area contributed by atoms with E-state index in [2.05, 4.69) is 10.3 Å². The molecule has 5 nitrogen and oxygen atoms in total. The molecule has 4 rings (SSSR count). The van der Waals surface area contributed by atoms with Crippen molar-refractivity contribution in [2.75, 3.05) is 19.0 Å². The molecule has 0 fully saturated rings. The lowest BCUT2D eigenvalue weighted by molar-refractivity contribution is -0.114. The van der Waals surface area contributed by atoms with Crippen molar-refractivity contribution in [2.45, 2.75) is 0 Å². The Bertz CT molecular complexity index is 923. The molecule has 0 unspecified atom stereocenters. The summed E-state index contributed by atoms with van der Waals surface area (Å²) in [7, 11) is 1.62. The van der Waals surface area contributed by atoms with Crippen LogP contribution in [-0.2, 0) is 4.79 Å². The fourth-order valence-corrected chi connectivity index (χ4v) is 2.71. The van der Waals surface area contributed by atoms with Crippen molar-refractivity contribution in [2.24, 2.45) is 4.99 Å². The molecule has 5 heteroatoms. The number of nitrogens with zero attached hydrogens (tertiary/aromatic N) is 1. The molecule has 114 valence electrons. The fraction of sp³-hybridized carbons (Fsp3) is 0.111. The van der Waals surface area contributed by atoms with Crippen LogP contribution in [-0.4, -0.2) is 25.3 Å². The fourth-order valence-electron chi connectivity index (χ4n) is 2.71. The monoisotopic (exact) mass is 306 g/mol. The Balaban J connectivity index is 1.91. The Morgan fingerprint density at radius 1 is 1.13 bits per heavy atom. The number of benzene rings is 2. The van der Waals surface area contributed by atoms with Crippen molar-refractivity contribution in [3.63, 3.8) is 0 Å². The van der Waals surface area contributed by atoms with Gasteiger partial charge in [0.2, 0.25) is 5.91 Å². The number of rotatable bonds is 2. The highest BCUT2D eigenvalue weighted by atomic mass is 16.5. The minimum Gasteiger partial charge on any atom is -0.497 e. The molecular formula is C18H14N2O3. The first kappa shape index (κ1) is 13.6. The van der Waals surface area contributed by atoms with Gasteiger partial charge < -0.3 is 14.5 Å². The Morgan fingerprint density at radius 3 is 2.70 bits per heavy atom. The number of methoxy groups -OCH3 is 1. The SMILES string of the molecule is COc1ccc(C2=NCC(=O)Nc3c2oc2ccccc32)cc1. The maximum absolute atomic E-state index is 12.0. The minimum atomic E-state index is -0.152. The molecule has 1 aliphatic heterocycles. The maximum atomic E-state index is 12.0. The highest BCUT2D eigenvalue weighted by molar-refractivity contribution is 6.21. The van der Waals surface area contributed by atoms with Crippen LogP contribution in [0.4, 0.5) is 5.69 Å².